The van der Waals surface area contributed by atoms with Crippen LogP contribution in [0.5, 0.6) is 0 Å². The van der Waals surface area contributed by atoms with Gasteiger partial charge in [0, 0.05) is 42.6 Å². The van der Waals surface area contributed by atoms with Crippen LogP contribution in [0.25, 0.3) is 0 Å². The minimum atomic E-state index is 0.213. The van der Waals surface area contributed by atoms with Crippen molar-refractivity contribution in [3.05, 3.63) is 0 Å². The molecule has 0 aliphatic heterocycles. The molecule has 0 unspecified atom stereocenters. The molecule has 0 bridgehead atoms. The molecule has 0 heterocycles. The molecule has 9 aliphatic carbocycles. The molecule has 0 aromatic heterocycles. The molecule has 0 N–H and O–H groups in total. The summed E-state index contributed by atoms with van der Waals surface area (Å²) >= 11 is 0. The van der Waals surface area contributed by atoms with Crippen LogP contribution in [0.4, 0.5) is 0 Å². The first-order chi connectivity index (χ1) is 33.2. The molecule has 386 valence electrons. The Hall–Kier alpha value is -1.23. The first kappa shape index (κ1) is 51.7. The average Bonchev–Trinajstić information content (AvgIpc) is 3.38. The van der Waals surface area contributed by atoms with Gasteiger partial charge in [-0.15, -0.1) is 0 Å². The summed E-state index contributed by atoms with van der Waals surface area (Å²) in [6.07, 6.45) is 41.7. The van der Waals surface area contributed by atoms with Gasteiger partial charge in [0.25, 0.3) is 0 Å². The van der Waals surface area contributed by atoms with Crippen molar-refractivity contribution in [1.29, 1.82) is 0 Å². The SMILES string of the molecule is COC1CCC(OC2CCC(C(=O)C3CCC(OC4CCC(OC5CCC(C(=O)C6CCC(OC7CCC(OC8CCC(C(=O)C9CCC(C)CC9)CC8)CC7)CC6)CC5)CC4)CC3)CC2)CC1. The number of Topliss-reactive ketones (excluding diaryl/α,β-unsaturated/α-hetero) is 3. The zero-order valence-corrected chi connectivity index (χ0v) is 43.0. The first-order valence-electron chi connectivity index (χ1n) is 29.6. The lowest BCUT2D eigenvalue weighted by Gasteiger charge is -2.38. The van der Waals surface area contributed by atoms with Crippen LogP contribution in [0, 0.1) is 41.4 Å². The van der Waals surface area contributed by atoms with E-state index in [2.05, 4.69) is 6.92 Å². The van der Waals surface area contributed by atoms with Gasteiger partial charge in [-0.1, -0.05) is 19.8 Å². The molecule has 0 aromatic rings. The zero-order chi connectivity index (χ0) is 46.8. The van der Waals surface area contributed by atoms with Crippen LogP contribution in [-0.4, -0.2) is 91.6 Å². The number of methoxy groups -OCH3 is 1. The topological polar surface area (TPSA) is 107 Å². The van der Waals surface area contributed by atoms with Gasteiger partial charge in [0.05, 0.1) is 67.1 Å². The molecule has 68 heavy (non-hydrogen) atoms. The third kappa shape index (κ3) is 14.5. The summed E-state index contributed by atoms with van der Waals surface area (Å²) in [5.74, 6) is 3.92. The van der Waals surface area contributed by atoms with Gasteiger partial charge in [0.1, 0.15) is 17.3 Å². The summed E-state index contributed by atoms with van der Waals surface area (Å²) in [5.41, 5.74) is 0. The highest BCUT2D eigenvalue weighted by atomic mass is 16.5. The van der Waals surface area contributed by atoms with Crippen molar-refractivity contribution in [2.24, 2.45) is 41.4 Å². The van der Waals surface area contributed by atoms with E-state index in [-0.39, 0.29) is 29.6 Å². The van der Waals surface area contributed by atoms with Crippen LogP contribution in [-0.2, 0) is 42.8 Å². The molecule has 0 aromatic carbocycles. The predicted molar refractivity (Wildman–Crippen MR) is 265 cm³/mol. The fourth-order valence-corrected chi connectivity index (χ4v) is 15.3. The molecule has 9 rings (SSSR count). The minimum Gasteiger partial charge on any atom is -0.381 e. The summed E-state index contributed by atoms with van der Waals surface area (Å²) in [6, 6.07) is 0. The maximum Gasteiger partial charge on any atom is 0.139 e. The molecule has 9 fully saturated rings. The van der Waals surface area contributed by atoms with Crippen molar-refractivity contribution in [2.75, 3.05) is 7.11 Å². The van der Waals surface area contributed by atoms with E-state index in [1.54, 1.807) is 0 Å². The second kappa shape index (κ2) is 25.6. The van der Waals surface area contributed by atoms with Crippen molar-refractivity contribution in [3.8, 4) is 0 Å². The summed E-state index contributed by atoms with van der Waals surface area (Å²) < 4.78 is 38.7. The molecular weight excluding hydrogens is 853 g/mol. The zero-order valence-electron chi connectivity index (χ0n) is 43.0. The second-order valence-electron chi connectivity index (χ2n) is 24.6. The van der Waals surface area contributed by atoms with E-state index < -0.39 is 0 Å². The van der Waals surface area contributed by atoms with E-state index >= 15 is 0 Å². The standard InChI is InChI=1S/C59H96O9/c1-39-3-5-40(6-4-39)57(60)41-7-17-48(18-8-41)65-53-31-33-54(34-32-53)66-50-23-13-44(14-24-50)59(62)45-15-25-51(26-16-45)68-56-37-35-55(36-38-56)67-49-21-11-43(12-22-49)58(61)42-9-19-47(20-10-42)64-52-29-27-46(63-2)28-30-52/h39-56H,3-38H2,1-2H3. The average molecular weight is 949 g/mol. The van der Waals surface area contributed by atoms with E-state index in [0.717, 1.165) is 224 Å². The van der Waals surface area contributed by atoms with E-state index in [0.29, 0.717) is 90.4 Å². The van der Waals surface area contributed by atoms with Gasteiger partial charge in [-0.3, -0.25) is 14.4 Å². The number of hydrogen-bond donors (Lipinski definition) is 0. The highest BCUT2D eigenvalue weighted by Gasteiger charge is 2.39. The molecule has 0 atom stereocenters. The Morgan fingerprint density at radius 2 is 0.382 bits per heavy atom. The quantitative estimate of drug-likeness (QED) is 0.141. The second-order valence-corrected chi connectivity index (χ2v) is 24.6. The summed E-state index contributed by atoms with van der Waals surface area (Å²) in [6.45, 7) is 2.33. The van der Waals surface area contributed by atoms with Crippen LogP contribution in [0.1, 0.15) is 238 Å². The van der Waals surface area contributed by atoms with Gasteiger partial charge in [-0.25, -0.2) is 0 Å². The largest absolute Gasteiger partial charge is 0.381 e. The monoisotopic (exact) mass is 949 g/mol. The van der Waals surface area contributed by atoms with E-state index in [1.165, 1.54) is 12.8 Å². The number of carbonyl (C=O) groups is 3. The number of ketones is 3. The van der Waals surface area contributed by atoms with Gasteiger partial charge in [-0.2, -0.15) is 0 Å². The van der Waals surface area contributed by atoms with Gasteiger partial charge < -0.3 is 28.4 Å². The molecule has 9 nitrogen and oxygen atoms in total. The van der Waals surface area contributed by atoms with Crippen LogP contribution >= 0.6 is 0 Å². The molecule has 0 spiro atoms. The van der Waals surface area contributed by atoms with Gasteiger partial charge in [0.2, 0.25) is 0 Å². The Balaban J connectivity index is 0.578. The normalized spacial score (nSPS) is 43.3. The van der Waals surface area contributed by atoms with Crippen molar-refractivity contribution in [2.45, 2.75) is 305 Å². The third-order valence-corrected chi connectivity index (χ3v) is 19.9. The van der Waals surface area contributed by atoms with Crippen molar-refractivity contribution in [3.63, 3.8) is 0 Å². The number of carbonyl (C=O) groups excluding carboxylic acids is 3. The van der Waals surface area contributed by atoms with E-state index in [4.69, 9.17) is 28.4 Å². The Morgan fingerprint density at radius 3 is 0.559 bits per heavy atom. The number of hydrogen-bond acceptors (Lipinski definition) is 9. The number of rotatable bonds is 17. The Kier molecular flexibility index (Phi) is 19.5. The number of ether oxygens (including phenoxy) is 6. The van der Waals surface area contributed by atoms with Crippen LogP contribution in [0.2, 0.25) is 0 Å². The molecule has 0 saturated heterocycles. The molecule has 0 amide bonds. The molecule has 9 aliphatic rings. The maximum atomic E-state index is 13.7. The third-order valence-electron chi connectivity index (χ3n) is 19.9. The fourth-order valence-electron chi connectivity index (χ4n) is 15.3. The Bertz CT molecular complexity index is 1510. The maximum absolute atomic E-state index is 13.7. The molecule has 9 saturated carbocycles. The van der Waals surface area contributed by atoms with Crippen LogP contribution in [0.3, 0.4) is 0 Å². The first-order valence-corrected chi connectivity index (χ1v) is 29.6. The van der Waals surface area contributed by atoms with Crippen molar-refractivity contribution < 1.29 is 42.8 Å². The van der Waals surface area contributed by atoms with Crippen molar-refractivity contribution >= 4 is 17.3 Å². The summed E-state index contributed by atoms with van der Waals surface area (Å²) in [5, 5.41) is 0. The summed E-state index contributed by atoms with van der Waals surface area (Å²) in [7, 11) is 1.82. The highest BCUT2D eigenvalue weighted by molar-refractivity contribution is 5.84. The smallest absolute Gasteiger partial charge is 0.139 e. The highest BCUT2D eigenvalue weighted by Crippen LogP contribution is 2.41. The predicted octanol–water partition coefficient (Wildman–Crippen LogP) is 13.0. The minimum absolute atomic E-state index is 0.213. The van der Waals surface area contributed by atoms with Gasteiger partial charge in [0.15, 0.2) is 0 Å². The van der Waals surface area contributed by atoms with Crippen LogP contribution < -0.4 is 0 Å². The van der Waals surface area contributed by atoms with E-state index in [1.807, 2.05) is 7.11 Å². The fraction of sp³-hybridized carbons (Fsp3) is 0.949. The Morgan fingerprint density at radius 1 is 0.235 bits per heavy atom. The molecular formula is C59H96O9. The lowest BCUT2D eigenvalue weighted by atomic mass is 9.74. The lowest BCUT2D eigenvalue weighted by molar-refractivity contribution is -0.135. The summed E-state index contributed by atoms with van der Waals surface area (Å²) in [4.78, 5) is 40.5. The van der Waals surface area contributed by atoms with Gasteiger partial charge >= 0.3 is 0 Å². The van der Waals surface area contributed by atoms with Crippen molar-refractivity contribution in [1.82, 2.24) is 0 Å². The molecule has 9 heteroatoms. The van der Waals surface area contributed by atoms with Gasteiger partial charge in [-0.05, 0) is 224 Å². The van der Waals surface area contributed by atoms with Crippen LogP contribution in [0.15, 0.2) is 0 Å². The van der Waals surface area contributed by atoms with E-state index in [9.17, 15) is 14.4 Å². The molecule has 0 radical (unpaired) electrons. The Labute approximate surface area is 412 Å². The lowest BCUT2D eigenvalue weighted by Crippen LogP contribution is -2.37.